The fraction of sp³-hybridized carbons (Fsp3) is 0.0714. The van der Waals surface area contributed by atoms with E-state index in [1.165, 1.54) is 0 Å². The molecule has 1 amide bonds. The van der Waals surface area contributed by atoms with Gasteiger partial charge in [0.2, 0.25) is 0 Å². The van der Waals surface area contributed by atoms with Crippen molar-refractivity contribution in [1.82, 2.24) is 0 Å². The summed E-state index contributed by atoms with van der Waals surface area (Å²) in [5, 5.41) is 0. The zero-order valence-corrected chi connectivity index (χ0v) is 11.2. The van der Waals surface area contributed by atoms with Gasteiger partial charge in [-0.15, -0.1) is 11.8 Å². The maximum absolute atomic E-state index is 10.7. The van der Waals surface area contributed by atoms with Gasteiger partial charge in [-0.1, -0.05) is 18.2 Å². The topological polar surface area (TPSA) is 80.0 Å². The first kappa shape index (κ1) is 13.5. The molecule has 5 N–H and O–H groups in total. The third-order valence-corrected chi connectivity index (χ3v) is 3.57. The molecule has 4 nitrogen and oxygen atoms in total. The fourth-order valence-electron chi connectivity index (χ4n) is 1.56. The van der Waals surface area contributed by atoms with Crippen LogP contribution in [0.1, 0.15) is 5.56 Å². The summed E-state index contributed by atoms with van der Waals surface area (Å²) in [5.41, 5.74) is 11.0. The van der Waals surface area contributed by atoms with Gasteiger partial charge in [-0.05, 0) is 35.9 Å². The number of rotatable bonds is 4. The zero-order chi connectivity index (χ0) is 13.7. The minimum atomic E-state index is -0.558. The molecule has 0 radical (unpaired) electrons. The molecule has 0 saturated heterocycles. The number of para-hydroxylation sites is 1. The highest BCUT2D eigenvalue weighted by Gasteiger charge is 2.03. The molecule has 2 aromatic carbocycles. The van der Waals surface area contributed by atoms with Crippen LogP contribution in [0.2, 0.25) is 0 Å². The van der Waals surface area contributed by atoms with E-state index in [1.54, 1.807) is 23.9 Å². The zero-order valence-electron chi connectivity index (χ0n) is 10.3. The van der Waals surface area contributed by atoms with E-state index in [2.05, 4.69) is 5.73 Å². The Morgan fingerprint density at radius 3 is 2.47 bits per heavy atom. The highest BCUT2D eigenvalue weighted by molar-refractivity contribution is 7.98. The first-order valence-corrected chi connectivity index (χ1v) is 6.74. The van der Waals surface area contributed by atoms with Gasteiger partial charge in [0.05, 0.1) is 0 Å². The average Bonchev–Trinajstić information content (AvgIpc) is 2.39. The quantitative estimate of drug-likeness (QED) is 0.663. The number of ether oxygens (including phenoxy) is 1. The van der Waals surface area contributed by atoms with Crippen LogP contribution in [-0.2, 0) is 5.75 Å². The predicted octanol–water partition coefficient (Wildman–Crippen LogP) is 2.30. The van der Waals surface area contributed by atoms with Gasteiger partial charge in [-0.25, -0.2) is 0 Å². The van der Waals surface area contributed by atoms with E-state index in [-0.39, 0.29) is 0 Å². The largest absolute Gasteiger partial charge is 0.516 e. The van der Waals surface area contributed by atoms with E-state index in [9.17, 15) is 4.79 Å². The molecule has 5 heteroatoms. The highest BCUT2D eigenvalue weighted by atomic mass is 32.2. The molecule has 19 heavy (non-hydrogen) atoms. The number of nitrogens with two attached hydrogens (primary N) is 1. The molecule has 0 saturated carbocycles. The molecule has 0 bridgehead atoms. The van der Waals surface area contributed by atoms with Gasteiger partial charge < -0.3 is 10.5 Å². The Labute approximate surface area is 115 Å². The predicted molar refractivity (Wildman–Crippen MR) is 75.8 cm³/mol. The van der Waals surface area contributed by atoms with Crippen molar-refractivity contribution < 1.29 is 15.3 Å². The molecule has 0 fully saturated rings. The molecule has 2 rings (SSSR count). The van der Waals surface area contributed by atoms with Gasteiger partial charge in [0, 0.05) is 16.3 Å². The Hall–Kier alpha value is -1.98. The molecule has 0 aliphatic carbocycles. The Kier molecular flexibility index (Phi) is 4.43. The van der Waals surface area contributed by atoms with Crippen LogP contribution in [0.25, 0.3) is 0 Å². The number of benzene rings is 2. The summed E-state index contributed by atoms with van der Waals surface area (Å²) < 4.78 is 4.87. The second-order valence-electron chi connectivity index (χ2n) is 3.93. The molecule has 0 heterocycles. The summed E-state index contributed by atoms with van der Waals surface area (Å²) in [6.07, 6.45) is -0.558. The van der Waals surface area contributed by atoms with Crippen molar-refractivity contribution in [2.45, 2.75) is 10.6 Å². The van der Waals surface area contributed by atoms with E-state index in [4.69, 9.17) is 10.5 Å². The standard InChI is InChI=1S/C14H14N2O2S/c15-13-4-2-1-3-10(13)9-19-12-7-5-11(6-8-12)18-14(16)17/h1-8H,9,15H2,(H2,16,17)/p+1. The van der Waals surface area contributed by atoms with Crippen molar-refractivity contribution in [2.75, 3.05) is 5.73 Å². The summed E-state index contributed by atoms with van der Waals surface area (Å²) >= 11 is 1.68. The van der Waals surface area contributed by atoms with Crippen LogP contribution in [0.3, 0.4) is 0 Å². The number of carbonyl (C=O) groups excluding carboxylic acids is 1. The van der Waals surface area contributed by atoms with E-state index >= 15 is 0 Å². The van der Waals surface area contributed by atoms with Gasteiger partial charge in [0.25, 0.3) is 0 Å². The lowest BCUT2D eigenvalue weighted by Crippen LogP contribution is -2.58. The van der Waals surface area contributed by atoms with Crippen LogP contribution >= 0.6 is 11.8 Å². The van der Waals surface area contributed by atoms with Crippen molar-refractivity contribution in [2.24, 2.45) is 0 Å². The van der Waals surface area contributed by atoms with Crippen LogP contribution in [0, 0.1) is 0 Å². The Bertz CT molecular complexity index is 570. The smallest absolute Gasteiger partial charge is 0.398 e. The number of thioether (sulfide) groups is 1. The van der Waals surface area contributed by atoms with Gasteiger partial charge in [-0.2, -0.15) is 4.79 Å². The van der Waals surface area contributed by atoms with E-state index in [0.717, 1.165) is 21.9 Å². The van der Waals surface area contributed by atoms with Crippen molar-refractivity contribution in [1.29, 1.82) is 0 Å². The molecule has 0 aliphatic rings. The summed E-state index contributed by atoms with van der Waals surface area (Å²) in [5.74, 6) is 1.31. The molecule has 0 atom stereocenters. The fourth-order valence-corrected chi connectivity index (χ4v) is 2.48. The molecule has 98 valence electrons. The van der Waals surface area contributed by atoms with Crippen molar-refractivity contribution in [3.63, 3.8) is 0 Å². The lowest BCUT2D eigenvalue weighted by Gasteiger charge is -2.05. The third kappa shape index (κ3) is 4.01. The summed E-state index contributed by atoms with van der Waals surface area (Å²) in [6, 6.07) is 15.1. The maximum atomic E-state index is 10.7. The van der Waals surface area contributed by atoms with E-state index in [0.29, 0.717) is 5.75 Å². The second kappa shape index (κ2) is 6.26. The van der Waals surface area contributed by atoms with Gasteiger partial charge in [0.1, 0.15) is 5.75 Å². The van der Waals surface area contributed by atoms with Gasteiger partial charge >= 0.3 is 6.09 Å². The Morgan fingerprint density at radius 2 is 1.84 bits per heavy atom. The number of amides is 1. The van der Waals surface area contributed by atoms with Crippen LogP contribution in [-0.4, -0.2) is 6.09 Å². The van der Waals surface area contributed by atoms with E-state index in [1.807, 2.05) is 36.4 Å². The first-order valence-electron chi connectivity index (χ1n) is 5.75. The molecule has 0 aromatic heterocycles. The van der Waals surface area contributed by atoms with Crippen LogP contribution < -0.4 is 16.2 Å². The minimum absolute atomic E-state index is 0.503. The summed E-state index contributed by atoms with van der Waals surface area (Å²) in [7, 11) is 0. The lowest BCUT2D eigenvalue weighted by atomic mass is 10.2. The Balaban J connectivity index is 1.97. The average molecular weight is 275 g/mol. The third-order valence-electron chi connectivity index (χ3n) is 2.50. The molecular weight excluding hydrogens is 260 g/mol. The lowest BCUT2D eigenvalue weighted by molar-refractivity contribution is -0.271. The van der Waals surface area contributed by atoms with Crippen LogP contribution in [0.4, 0.5) is 10.5 Å². The van der Waals surface area contributed by atoms with E-state index < -0.39 is 6.09 Å². The molecule has 0 unspecified atom stereocenters. The number of hydrogen-bond acceptors (Lipinski definition) is 4. The van der Waals surface area contributed by atoms with Crippen LogP contribution in [0.15, 0.2) is 53.4 Å². The first-order chi connectivity index (χ1) is 9.15. The molecule has 0 aliphatic heterocycles. The normalized spacial score (nSPS) is 10.2. The molecule has 2 aromatic rings. The van der Waals surface area contributed by atoms with Crippen molar-refractivity contribution in [3.8, 4) is 5.75 Å². The number of hydrogen-bond donors (Lipinski definition) is 2. The minimum Gasteiger partial charge on any atom is -0.398 e. The van der Waals surface area contributed by atoms with Gasteiger partial charge in [-0.3, -0.25) is 5.73 Å². The second-order valence-corrected chi connectivity index (χ2v) is 4.98. The monoisotopic (exact) mass is 275 g/mol. The van der Waals surface area contributed by atoms with Crippen molar-refractivity contribution in [3.05, 3.63) is 54.1 Å². The number of carbonyl (C=O) groups is 1. The number of nitrogen functional groups attached to an aromatic ring is 1. The number of quaternary nitrogens is 1. The Morgan fingerprint density at radius 1 is 1.16 bits per heavy atom. The molecule has 0 spiro atoms. The number of anilines is 1. The molecular formula is C14H15N2O2S+. The van der Waals surface area contributed by atoms with Crippen LogP contribution in [0.5, 0.6) is 5.75 Å². The summed E-state index contributed by atoms with van der Waals surface area (Å²) in [4.78, 5) is 11.8. The highest BCUT2D eigenvalue weighted by Crippen LogP contribution is 2.26. The maximum Gasteiger partial charge on any atom is 0.516 e. The van der Waals surface area contributed by atoms with Gasteiger partial charge in [0.15, 0.2) is 0 Å². The SMILES string of the molecule is Nc1ccccc1CSc1ccc(OC([NH3+])=O)cc1. The van der Waals surface area contributed by atoms with Crippen molar-refractivity contribution >= 4 is 23.5 Å². The summed E-state index contributed by atoms with van der Waals surface area (Å²) in [6.45, 7) is 0.